The van der Waals surface area contributed by atoms with E-state index in [1.54, 1.807) is 12.3 Å². The van der Waals surface area contributed by atoms with Gasteiger partial charge in [-0.15, -0.1) is 0 Å². The molecule has 0 atom stereocenters. The van der Waals surface area contributed by atoms with Gasteiger partial charge < -0.3 is 9.72 Å². The van der Waals surface area contributed by atoms with Gasteiger partial charge in [0.25, 0.3) is 5.56 Å². The van der Waals surface area contributed by atoms with Gasteiger partial charge in [0, 0.05) is 23.7 Å². The van der Waals surface area contributed by atoms with Crippen LogP contribution in [-0.2, 0) is 0 Å². The van der Waals surface area contributed by atoms with Crippen LogP contribution in [-0.4, -0.2) is 9.97 Å². The van der Waals surface area contributed by atoms with Gasteiger partial charge in [0.15, 0.2) is 0 Å². The standard InChI is InChI=1S/C14H10N2O2/c17-13-9-12(18-14-7-3-4-8-15-14)10-5-1-2-6-11(10)16-13/h1-9H,(H,16,17). The van der Waals surface area contributed by atoms with E-state index in [9.17, 15) is 4.79 Å². The molecule has 18 heavy (non-hydrogen) atoms. The Bertz CT molecular complexity index is 735. The number of H-pyrrole nitrogens is 1. The molecule has 0 saturated heterocycles. The Morgan fingerprint density at radius 2 is 1.89 bits per heavy atom. The second-order valence-electron chi connectivity index (χ2n) is 3.81. The molecule has 0 aliphatic rings. The number of aromatic nitrogens is 2. The van der Waals surface area contributed by atoms with Gasteiger partial charge in [-0.25, -0.2) is 4.98 Å². The van der Waals surface area contributed by atoms with Gasteiger partial charge in [0.05, 0.1) is 5.52 Å². The van der Waals surface area contributed by atoms with Crippen LogP contribution in [0.25, 0.3) is 10.9 Å². The minimum absolute atomic E-state index is 0.195. The van der Waals surface area contributed by atoms with Crippen molar-refractivity contribution in [2.24, 2.45) is 0 Å². The number of benzene rings is 1. The zero-order valence-electron chi connectivity index (χ0n) is 9.46. The number of nitrogens with one attached hydrogen (secondary N) is 1. The summed E-state index contributed by atoms with van der Waals surface area (Å²) in [5.74, 6) is 0.973. The van der Waals surface area contributed by atoms with E-state index in [0.717, 1.165) is 10.9 Å². The highest BCUT2D eigenvalue weighted by molar-refractivity contribution is 5.84. The molecule has 0 aliphatic heterocycles. The molecule has 2 aromatic heterocycles. The molecule has 0 amide bonds. The Hall–Kier alpha value is -2.62. The average Bonchev–Trinajstić information content (AvgIpc) is 2.40. The number of aromatic amines is 1. The van der Waals surface area contributed by atoms with Crippen LogP contribution < -0.4 is 10.3 Å². The fourth-order valence-corrected chi connectivity index (χ4v) is 1.78. The molecule has 1 N–H and O–H groups in total. The molecule has 1 aromatic carbocycles. The number of pyridine rings is 2. The summed E-state index contributed by atoms with van der Waals surface area (Å²) in [6, 6.07) is 14.3. The van der Waals surface area contributed by atoms with Crippen molar-refractivity contribution in [3.05, 3.63) is 65.1 Å². The van der Waals surface area contributed by atoms with Gasteiger partial charge >= 0.3 is 0 Å². The van der Waals surface area contributed by atoms with Crippen LogP contribution in [0.3, 0.4) is 0 Å². The van der Waals surface area contributed by atoms with Gasteiger partial charge in [-0.2, -0.15) is 0 Å². The lowest BCUT2D eigenvalue weighted by atomic mass is 10.2. The molecule has 0 saturated carbocycles. The second-order valence-corrected chi connectivity index (χ2v) is 3.81. The Morgan fingerprint density at radius 3 is 2.72 bits per heavy atom. The zero-order valence-corrected chi connectivity index (χ0v) is 9.46. The summed E-state index contributed by atoms with van der Waals surface area (Å²) >= 11 is 0. The monoisotopic (exact) mass is 238 g/mol. The second kappa shape index (κ2) is 4.33. The third-order valence-corrected chi connectivity index (χ3v) is 2.56. The fourth-order valence-electron chi connectivity index (χ4n) is 1.78. The van der Waals surface area contributed by atoms with E-state index in [1.165, 1.54) is 6.07 Å². The molecule has 88 valence electrons. The lowest BCUT2D eigenvalue weighted by molar-refractivity contribution is 0.467. The highest BCUT2D eigenvalue weighted by Gasteiger charge is 2.05. The van der Waals surface area contributed by atoms with Crippen LogP contribution in [0.15, 0.2) is 59.5 Å². The minimum atomic E-state index is -0.195. The number of hydrogen-bond acceptors (Lipinski definition) is 3. The Kier molecular flexibility index (Phi) is 2.53. The van der Waals surface area contributed by atoms with E-state index < -0.39 is 0 Å². The maximum atomic E-state index is 11.5. The predicted octanol–water partition coefficient (Wildman–Crippen LogP) is 2.72. The molecule has 3 aromatic rings. The summed E-state index contributed by atoms with van der Waals surface area (Å²) in [5, 5.41) is 0.850. The summed E-state index contributed by atoms with van der Waals surface area (Å²) in [6.07, 6.45) is 1.64. The number of fused-ring (bicyclic) bond motifs is 1. The van der Waals surface area contributed by atoms with E-state index in [4.69, 9.17) is 4.74 Å². The lowest BCUT2D eigenvalue weighted by Crippen LogP contribution is -2.04. The molecular formula is C14H10N2O2. The van der Waals surface area contributed by atoms with Crippen molar-refractivity contribution in [2.45, 2.75) is 0 Å². The van der Waals surface area contributed by atoms with E-state index >= 15 is 0 Å². The highest BCUT2D eigenvalue weighted by atomic mass is 16.5. The van der Waals surface area contributed by atoms with Crippen LogP contribution in [0.1, 0.15) is 0 Å². The fraction of sp³-hybridized carbons (Fsp3) is 0. The number of nitrogens with zero attached hydrogens (tertiary/aromatic N) is 1. The predicted molar refractivity (Wildman–Crippen MR) is 68.9 cm³/mol. The van der Waals surface area contributed by atoms with Gasteiger partial charge in [0.2, 0.25) is 5.88 Å². The van der Waals surface area contributed by atoms with Crippen LogP contribution >= 0.6 is 0 Å². The molecule has 0 spiro atoms. The van der Waals surface area contributed by atoms with Crippen LogP contribution in [0.2, 0.25) is 0 Å². The zero-order chi connectivity index (χ0) is 12.4. The van der Waals surface area contributed by atoms with Crippen molar-refractivity contribution < 1.29 is 4.74 Å². The Morgan fingerprint density at radius 1 is 1.06 bits per heavy atom. The summed E-state index contributed by atoms with van der Waals surface area (Å²) < 4.78 is 5.64. The number of para-hydroxylation sites is 1. The maximum Gasteiger partial charge on any atom is 0.252 e. The van der Waals surface area contributed by atoms with Crippen LogP contribution in [0.5, 0.6) is 11.6 Å². The lowest BCUT2D eigenvalue weighted by Gasteiger charge is -2.07. The van der Waals surface area contributed by atoms with Crippen molar-refractivity contribution in [1.82, 2.24) is 9.97 Å². The minimum Gasteiger partial charge on any atom is -0.438 e. The van der Waals surface area contributed by atoms with Crippen molar-refractivity contribution in [1.29, 1.82) is 0 Å². The molecule has 4 heteroatoms. The van der Waals surface area contributed by atoms with E-state index in [0.29, 0.717) is 11.6 Å². The Labute approximate surface area is 103 Å². The van der Waals surface area contributed by atoms with Crippen molar-refractivity contribution in [2.75, 3.05) is 0 Å². The van der Waals surface area contributed by atoms with Crippen molar-refractivity contribution in [3.8, 4) is 11.6 Å². The smallest absolute Gasteiger partial charge is 0.252 e. The van der Waals surface area contributed by atoms with Crippen molar-refractivity contribution in [3.63, 3.8) is 0 Å². The first kappa shape index (κ1) is 10.5. The molecule has 0 aliphatic carbocycles. The molecule has 2 heterocycles. The summed E-state index contributed by atoms with van der Waals surface area (Å²) in [4.78, 5) is 18.4. The molecule has 0 bridgehead atoms. The summed E-state index contributed by atoms with van der Waals surface area (Å²) in [5.41, 5.74) is 0.551. The average molecular weight is 238 g/mol. The molecular weight excluding hydrogens is 228 g/mol. The van der Waals surface area contributed by atoms with E-state index in [2.05, 4.69) is 9.97 Å². The summed E-state index contributed by atoms with van der Waals surface area (Å²) in [6.45, 7) is 0. The quantitative estimate of drug-likeness (QED) is 0.746. The molecule has 0 unspecified atom stereocenters. The Balaban J connectivity index is 2.14. The molecule has 0 fully saturated rings. The third-order valence-electron chi connectivity index (χ3n) is 2.56. The topological polar surface area (TPSA) is 55.0 Å². The molecule has 3 rings (SSSR count). The number of rotatable bonds is 2. The van der Waals surface area contributed by atoms with Gasteiger partial charge in [-0.05, 0) is 18.2 Å². The first-order valence-corrected chi connectivity index (χ1v) is 5.54. The van der Waals surface area contributed by atoms with Crippen LogP contribution in [0.4, 0.5) is 0 Å². The van der Waals surface area contributed by atoms with E-state index in [1.807, 2.05) is 36.4 Å². The SMILES string of the molecule is O=c1cc(Oc2ccccn2)c2ccccc2[nH]1. The van der Waals surface area contributed by atoms with Crippen LogP contribution in [0, 0.1) is 0 Å². The first-order chi connectivity index (χ1) is 8.83. The van der Waals surface area contributed by atoms with E-state index in [-0.39, 0.29) is 5.56 Å². The maximum absolute atomic E-state index is 11.5. The first-order valence-electron chi connectivity index (χ1n) is 5.54. The highest BCUT2D eigenvalue weighted by Crippen LogP contribution is 2.25. The largest absolute Gasteiger partial charge is 0.438 e. The third kappa shape index (κ3) is 1.96. The number of hydrogen-bond donors (Lipinski definition) is 1. The summed E-state index contributed by atoms with van der Waals surface area (Å²) in [7, 11) is 0. The number of ether oxygens (including phenoxy) is 1. The molecule has 4 nitrogen and oxygen atoms in total. The van der Waals surface area contributed by atoms with Gasteiger partial charge in [-0.3, -0.25) is 4.79 Å². The normalized spacial score (nSPS) is 10.4. The van der Waals surface area contributed by atoms with Gasteiger partial charge in [-0.1, -0.05) is 18.2 Å². The van der Waals surface area contributed by atoms with Gasteiger partial charge in [0.1, 0.15) is 5.75 Å². The molecule has 0 radical (unpaired) electrons. The van der Waals surface area contributed by atoms with Crippen molar-refractivity contribution >= 4 is 10.9 Å².